The molecular weight excluding hydrogens is 417 g/mol. The first-order valence-electron chi connectivity index (χ1n) is 8.25. The number of hydrogen-bond donors (Lipinski definition) is 0. The Bertz CT molecular complexity index is 772. The van der Waals surface area contributed by atoms with Crippen LogP contribution in [0.25, 0.3) is 11.0 Å². The van der Waals surface area contributed by atoms with Gasteiger partial charge in [0.15, 0.2) is 0 Å². The normalized spacial score (nSPS) is 20.8. The smallest absolute Gasteiger partial charge is 0.410 e. The number of rotatable bonds is 2. The minimum atomic E-state index is -0.455. The van der Waals surface area contributed by atoms with Crippen molar-refractivity contribution in [3.05, 3.63) is 27.6 Å². The van der Waals surface area contributed by atoms with Gasteiger partial charge in [-0.15, -0.1) is 0 Å². The molecule has 0 aliphatic heterocycles. The van der Waals surface area contributed by atoms with Gasteiger partial charge in [0, 0.05) is 30.7 Å². The third-order valence-electron chi connectivity index (χ3n) is 4.53. The fraction of sp³-hybridized carbons (Fsp3) is 0.556. The molecule has 24 heavy (non-hydrogen) atoms. The molecule has 5 nitrogen and oxygen atoms in total. The molecule has 2 aromatic heterocycles. The summed E-state index contributed by atoms with van der Waals surface area (Å²) in [5.41, 5.74) is 1.79. The van der Waals surface area contributed by atoms with Crippen molar-refractivity contribution in [1.82, 2.24) is 14.5 Å². The van der Waals surface area contributed by atoms with Crippen molar-refractivity contribution >= 4 is 39.7 Å². The van der Waals surface area contributed by atoms with Gasteiger partial charge in [0.25, 0.3) is 0 Å². The van der Waals surface area contributed by atoms with Crippen molar-refractivity contribution in [2.75, 3.05) is 7.05 Å². The number of aryl methyl sites for hydroxylation is 1. The van der Waals surface area contributed by atoms with Gasteiger partial charge in [-0.25, -0.2) is 9.78 Å². The fourth-order valence-corrected chi connectivity index (χ4v) is 3.43. The molecule has 0 bridgehead atoms. The van der Waals surface area contributed by atoms with Crippen molar-refractivity contribution in [3.63, 3.8) is 0 Å². The van der Waals surface area contributed by atoms with Crippen LogP contribution in [0.1, 0.15) is 45.2 Å². The Balaban J connectivity index is 1.69. The molecule has 1 amide bonds. The highest BCUT2D eigenvalue weighted by Gasteiger charge is 2.37. The Morgan fingerprint density at radius 2 is 2.08 bits per heavy atom. The lowest BCUT2D eigenvalue weighted by Gasteiger charge is -2.42. The van der Waals surface area contributed by atoms with Gasteiger partial charge >= 0.3 is 6.09 Å². The first kappa shape index (κ1) is 17.5. The number of carbonyl (C=O) groups excluding carboxylic acids is 1. The first-order valence-corrected chi connectivity index (χ1v) is 9.33. The van der Waals surface area contributed by atoms with Crippen LogP contribution in [0.5, 0.6) is 0 Å². The molecule has 1 aliphatic rings. The number of carbonyl (C=O) groups is 1. The number of nitrogens with zero attached hydrogens (tertiary/aromatic N) is 3. The summed E-state index contributed by atoms with van der Waals surface area (Å²) in [4.78, 5) is 18.6. The SMILES string of the molecule is Cc1cc2ccn([C@H]3C[C@H](N(C)C(=O)OC(C)(C)C)C3)c2nc1I. The Kier molecular flexibility index (Phi) is 4.53. The summed E-state index contributed by atoms with van der Waals surface area (Å²) in [6.45, 7) is 7.76. The largest absolute Gasteiger partial charge is 0.444 e. The maximum atomic E-state index is 12.2. The van der Waals surface area contributed by atoms with Crippen LogP contribution in [0.2, 0.25) is 0 Å². The van der Waals surface area contributed by atoms with Gasteiger partial charge in [-0.3, -0.25) is 0 Å². The van der Waals surface area contributed by atoms with E-state index in [9.17, 15) is 4.79 Å². The number of fused-ring (bicyclic) bond motifs is 1. The highest BCUT2D eigenvalue weighted by molar-refractivity contribution is 14.1. The zero-order chi connectivity index (χ0) is 17.6. The molecule has 0 aromatic carbocycles. The highest BCUT2D eigenvalue weighted by Crippen LogP contribution is 2.38. The number of ether oxygens (including phenoxy) is 1. The average molecular weight is 441 g/mol. The van der Waals surface area contributed by atoms with E-state index >= 15 is 0 Å². The lowest BCUT2D eigenvalue weighted by molar-refractivity contribution is 0.00809. The number of amides is 1. The van der Waals surface area contributed by atoms with E-state index in [-0.39, 0.29) is 12.1 Å². The molecule has 0 radical (unpaired) electrons. The molecule has 0 saturated heterocycles. The zero-order valence-corrected chi connectivity index (χ0v) is 17.0. The van der Waals surface area contributed by atoms with Crippen molar-refractivity contribution in [3.8, 4) is 0 Å². The summed E-state index contributed by atoms with van der Waals surface area (Å²) in [5, 5.41) is 1.18. The topological polar surface area (TPSA) is 47.4 Å². The Morgan fingerprint density at radius 3 is 2.71 bits per heavy atom. The zero-order valence-electron chi connectivity index (χ0n) is 14.8. The summed E-state index contributed by atoms with van der Waals surface area (Å²) in [6.07, 6.45) is 3.74. The van der Waals surface area contributed by atoms with Crippen molar-refractivity contribution in [1.29, 1.82) is 0 Å². The van der Waals surface area contributed by atoms with E-state index in [2.05, 4.69) is 52.4 Å². The summed E-state index contributed by atoms with van der Waals surface area (Å²) in [7, 11) is 1.83. The molecule has 3 rings (SSSR count). The number of halogens is 1. The Morgan fingerprint density at radius 1 is 1.42 bits per heavy atom. The van der Waals surface area contributed by atoms with Gasteiger partial charge in [-0.1, -0.05) is 0 Å². The quantitative estimate of drug-likeness (QED) is 0.509. The van der Waals surface area contributed by atoms with E-state index in [1.54, 1.807) is 4.90 Å². The van der Waals surface area contributed by atoms with E-state index < -0.39 is 5.60 Å². The summed E-state index contributed by atoms with van der Waals surface area (Å²) in [6, 6.07) is 4.93. The predicted octanol–water partition coefficient (Wildman–Crippen LogP) is 4.52. The summed E-state index contributed by atoms with van der Waals surface area (Å²) >= 11 is 2.28. The van der Waals surface area contributed by atoms with Gasteiger partial charge < -0.3 is 14.2 Å². The maximum absolute atomic E-state index is 12.2. The van der Waals surface area contributed by atoms with Crippen LogP contribution < -0.4 is 0 Å². The average Bonchev–Trinajstić information content (AvgIpc) is 2.78. The molecule has 0 unspecified atom stereocenters. The summed E-state index contributed by atoms with van der Waals surface area (Å²) < 4.78 is 8.74. The van der Waals surface area contributed by atoms with Crippen molar-refractivity contribution in [2.24, 2.45) is 0 Å². The van der Waals surface area contributed by atoms with E-state index in [0.717, 1.165) is 22.2 Å². The second-order valence-corrected chi connectivity index (χ2v) is 8.62. The summed E-state index contributed by atoms with van der Waals surface area (Å²) in [5.74, 6) is 0. The minimum Gasteiger partial charge on any atom is -0.444 e. The molecule has 2 heterocycles. The van der Waals surface area contributed by atoms with E-state index in [0.29, 0.717) is 6.04 Å². The fourth-order valence-electron chi connectivity index (χ4n) is 3.04. The van der Waals surface area contributed by atoms with Gasteiger partial charge in [-0.05, 0) is 80.8 Å². The van der Waals surface area contributed by atoms with Gasteiger partial charge in [0.2, 0.25) is 0 Å². The lowest BCUT2D eigenvalue weighted by atomic mass is 9.85. The number of aromatic nitrogens is 2. The van der Waals surface area contributed by atoms with Crippen LogP contribution in [0.15, 0.2) is 18.3 Å². The van der Waals surface area contributed by atoms with Crippen molar-refractivity contribution < 1.29 is 9.53 Å². The molecule has 0 spiro atoms. The highest BCUT2D eigenvalue weighted by atomic mass is 127. The standard InChI is InChI=1S/C18H24IN3O2/c1-11-8-12-6-7-22(16(12)20-15(11)19)14-9-13(10-14)21(5)17(23)24-18(2,3)4/h6-8,13-14H,9-10H2,1-5H3/t13-,14-. The molecule has 1 fully saturated rings. The van der Waals surface area contributed by atoms with Gasteiger partial charge in [0.1, 0.15) is 14.9 Å². The van der Waals surface area contributed by atoms with Gasteiger partial charge in [0.05, 0.1) is 0 Å². The van der Waals surface area contributed by atoms with Crippen LogP contribution in [0.4, 0.5) is 4.79 Å². The molecule has 0 atom stereocenters. The number of hydrogen-bond acceptors (Lipinski definition) is 3. The number of pyridine rings is 1. The molecule has 6 heteroatoms. The molecule has 1 aliphatic carbocycles. The van der Waals surface area contributed by atoms with E-state index in [1.807, 2.05) is 27.8 Å². The van der Waals surface area contributed by atoms with Gasteiger partial charge in [-0.2, -0.15) is 0 Å². The Labute approximate surface area is 156 Å². The van der Waals surface area contributed by atoms with Crippen LogP contribution >= 0.6 is 22.6 Å². The molecule has 0 N–H and O–H groups in total. The molecule has 1 saturated carbocycles. The second-order valence-electron chi connectivity index (χ2n) is 7.60. The molecule has 2 aromatic rings. The molecule has 130 valence electrons. The minimum absolute atomic E-state index is 0.229. The Hall–Kier alpha value is -1.31. The van der Waals surface area contributed by atoms with Crippen molar-refractivity contribution in [2.45, 2.75) is 58.2 Å². The van der Waals surface area contributed by atoms with Crippen LogP contribution in [-0.4, -0.2) is 39.2 Å². The lowest BCUT2D eigenvalue weighted by Crippen LogP contribution is -2.47. The molecular formula is C18H24IN3O2. The third-order valence-corrected chi connectivity index (χ3v) is 5.62. The van der Waals surface area contributed by atoms with Crippen LogP contribution in [0.3, 0.4) is 0 Å². The van der Waals surface area contributed by atoms with Crippen LogP contribution in [-0.2, 0) is 4.74 Å². The third kappa shape index (κ3) is 3.38. The predicted molar refractivity (Wildman–Crippen MR) is 103 cm³/mol. The van der Waals surface area contributed by atoms with E-state index in [1.165, 1.54) is 10.9 Å². The van der Waals surface area contributed by atoms with Crippen LogP contribution in [0, 0.1) is 10.6 Å². The monoisotopic (exact) mass is 441 g/mol. The maximum Gasteiger partial charge on any atom is 0.410 e. The second kappa shape index (κ2) is 6.20. The van der Waals surface area contributed by atoms with E-state index in [4.69, 9.17) is 9.72 Å². The first-order chi connectivity index (χ1) is 11.2.